The van der Waals surface area contributed by atoms with E-state index in [4.69, 9.17) is 4.74 Å². The fourth-order valence-electron chi connectivity index (χ4n) is 4.20. The lowest BCUT2D eigenvalue weighted by Crippen LogP contribution is -2.76. The molecule has 0 radical (unpaired) electrons. The summed E-state index contributed by atoms with van der Waals surface area (Å²) in [4.78, 5) is 0. The van der Waals surface area contributed by atoms with Crippen LogP contribution in [-0.2, 0) is 0 Å². The maximum Gasteiger partial charge on any atom is 0.188 e. The van der Waals surface area contributed by atoms with Gasteiger partial charge in [0, 0.05) is 8.04 Å². The van der Waals surface area contributed by atoms with E-state index in [1.54, 1.807) is 0 Å². The van der Waals surface area contributed by atoms with Crippen LogP contribution in [0.1, 0.15) is 0 Å². The van der Waals surface area contributed by atoms with E-state index in [1.165, 1.54) is 24.3 Å². The Labute approximate surface area is 187 Å². The van der Waals surface area contributed by atoms with E-state index in [0.29, 0.717) is 0 Å². The molecule has 1 aliphatic rings. The first-order valence-corrected chi connectivity index (χ1v) is 13.0. The van der Waals surface area contributed by atoms with Gasteiger partial charge in [-0.05, 0) is 79.7 Å². The van der Waals surface area contributed by atoms with E-state index in [1.807, 2.05) is 0 Å². The van der Waals surface area contributed by atoms with Crippen molar-refractivity contribution in [3.8, 4) is 11.5 Å². The summed E-state index contributed by atoms with van der Waals surface area (Å²) in [6, 6.07) is 34.9. The molecule has 28 heavy (non-hydrogen) atoms. The van der Waals surface area contributed by atoms with Crippen molar-refractivity contribution in [2.75, 3.05) is 0 Å². The summed E-state index contributed by atoms with van der Waals surface area (Å²) in [6.45, 7) is 0. The number of halogens is 2. The molecular formula is C24H16BrIOSi. The van der Waals surface area contributed by atoms with Crippen molar-refractivity contribution < 1.29 is 4.74 Å². The van der Waals surface area contributed by atoms with Crippen molar-refractivity contribution in [2.24, 2.45) is 0 Å². The van der Waals surface area contributed by atoms with Gasteiger partial charge in [0.15, 0.2) is 8.07 Å². The van der Waals surface area contributed by atoms with Gasteiger partial charge in [-0.15, -0.1) is 0 Å². The summed E-state index contributed by atoms with van der Waals surface area (Å²) in [5.74, 6) is 1.93. The Morgan fingerprint density at radius 3 is 1.86 bits per heavy atom. The summed E-state index contributed by atoms with van der Waals surface area (Å²) < 4.78 is 8.70. The van der Waals surface area contributed by atoms with Crippen LogP contribution in [0.2, 0.25) is 0 Å². The molecule has 1 heterocycles. The topological polar surface area (TPSA) is 9.23 Å². The van der Waals surface area contributed by atoms with E-state index in [9.17, 15) is 0 Å². The van der Waals surface area contributed by atoms with Crippen molar-refractivity contribution in [1.82, 2.24) is 0 Å². The van der Waals surface area contributed by atoms with Crippen LogP contribution < -0.4 is 25.5 Å². The lowest BCUT2D eigenvalue weighted by atomic mass is 10.3. The van der Waals surface area contributed by atoms with E-state index in [0.717, 1.165) is 16.0 Å². The number of ether oxygens (including phenoxy) is 1. The highest BCUT2D eigenvalue weighted by atomic mass is 127. The second-order valence-corrected chi connectivity index (χ2v) is 12.8. The third-order valence-electron chi connectivity index (χ3n) is 5.34. The highest BCUT2D eigenvalue weighted by Crippen LogP contribution is 2.29. The van der Waals surface area contributed by atoms with Crippen LogP contribution in [0.15, 0.2) is 102 Å². The molecule has 0 amide bonds. The van der Waals surface area contributed by atoms with Crippen LogP contribution in [0.4, 0.5) is 0 Å². The summed E-state index contributed by atoms with van der Waals surface area (Å²) >= 11 is 6.02. The monoisotopic (exact) mass is 554 g/mol. The molecule has 0 saturated carbocycles. The van der Waals surface area contributed by atoms with Crippen molar-refractivity contribution >= 4 is 67.3 Å². The molecule has 0 aliphatic carbocycles. The third kappa shape index (κ3) is 2.77. The van der Waals surface area contributed by atoms with Crippen LogP contribution in [-0.4, -0.2) is 8.07 Å². The summed E-state index contributed by atoms with van der Waals surface area (Å²) in [5, 5.41) is 5.35. The van der Waals surface area contributed by atoms with Gasteiger partial charge < -0.3 is 4.74 Å². The molecule has 4 aromatic rings. The van der Waals surface area contributed by atoms with E-state index < -0.39 is 8.07 Å². The van der Waals surface area contributed by atoms with Crippen LogP contribution in [0.5, 0.6) is 11.5 Å². The first-order chi connectivity index (χ1) is 13.7. The number of rotatable bonds is 2. The molecule has 0 bridgehead atoms. The Balaban J connectivity index is 1.96. The van der Waals surface area contributed by atoms with Gasteiger partial charge in [0.25, 0.3) is 0 Å². The standard InChI is InChI=1S/C24H16BrIOSi/c25-17-12-14-19(15-13-17)28(20-7-5-6-18(26)16-20)23-10-3-1-8-21(23)27-22-9-2-4-11-24(22)28/h1-16H. The fourth-order valence-corrected chi connectivity index (χ4v) is 10.3. The van der Waals surface area contributed by atoms with Crippen molar-refractivity contribution in [2.45, 2.75) is 0 Å². The van der Waals surface area contributed by atoms with E-state index in [2.05, 4.69) is 136 Å². The Morgan fingerprint density at radius 1 is 0.643 bits per heavy atom. The molecule has 1 nitrogen and oxygen atoms in total. The molecule has 0 aromatic heterocycles. The lowest BCUT2D eigenvalue weighted by Gasteiger charge is -2.39. The molecule has 0 spiro atoms. The minimum atomic E-state index is -2.48. The maximum absolute atomic E-state index is 6.35. The number of benzene rings is 4. The highest BCUT2D eigenvalue weighted by molar-refractivity contribution is 14.1. The molecule has 1 aliphatic heterocycles. The molecule has 4 heteroatoms. The average Bonchev–Trinajstić information content (AvgIpc) is 2.73. The van der Waals surface area contributed by atoms with Gasteiger partial charge in [-0.1, -0.05) is 76.6 Å². The zero-order valence-electron chi connectivity index (χ0n) is 14.9. The minimum absolute atomic E-state index is 0.967. The minimum Gasteiger partial charge on any atom is -0.458 e. The average molecular weight is 555 g/mol. The number of para-hydroxylation sites is 2. The second kappa shape index (κ2) is 7.17. The first-order valence-electron chi connectivity index (χ1n) is 9.08. The zero-order chi connectivity index (χ0) is 19.1. The van der Waals surface area contributed by atoms with E-state index in [-0.39, 0.29) is 0 Å². The van der Waals surface area contributed by atoms with E-state index >= 15 is 0 Å². The van der Waals surface area contributed by atoms with Gasteiger partial charge in [-0.25, -0.2) is 0 Å². The predicted octanol–water partition coefficient (Wildman–Crippen LogP) is 4.54. The number of hydrogen-bond donors (Lipinski definition) is 0. The van der Waals surface area contributed by atoms with Gasteiger partial charge >= 0.3 is 0 Å². The third-order valence-corrected chi connectivity index (χ3v) is 11.4. The quantitative estimate of drug-likeness (QED) is 0.230. The Morgan fingerprint density at radius 2 is 1.25 bits per heavy atom. The summed E-state index contributed by atoms with van der Waals surface area (Å²) in [6.07, 6.45) is 0. The van der Waals surface area contributed by atoms with Crippen LogP contribution in [0.3, 0.4) is 0 Å². The van der Waals surface area contributed by atoms with Crippen LogP contribution in [0, 0.1) is 3.57 Å². The molecule has 5 rings (SSSR count). The normalized spacial score (nSPS) is 13.9. The van der Waals surface area contributed by atoms with Crippen molar-refractivity contribution in [3.05, 3.63) is 105 Å². The van der Waals surface area contributed by atoms with Crippen molar-refractivity contribution in [3.63, 3.8) is 0 Å². The lowest BCUT2D eigenvalue weighted by molar-refractivity contribution is 0.487. The van der Waals surface area contributed by atoms with Crippen LogP contribution in [0.25, 0.3) is 0 Å². The largest absolute Gasteiger partial charge is 0.458 e. The maximum atomic E-state index is 6.35. The molecule has 0 atom stereocenters. The Kier molecular flexibility index (Phi) is 4.65. The van der Waals surface area contributed by atoms with Gasteiger partial charge in [-0.2, -0.15) is 0 Å². The Hall–Kier alpha value is -1.89. The number of hydrogen-bond acceptors (Lipinski definition) is 1. The van der Waals surface area contributed by atoms with Gasteiger partial charge in [-0.3, -0.25) is 0 Å². The predicted molar refractivity (Wildman–Crippen MR) is 131 cm³/mol. The molecular weight excluding hydrogens is 539 g/mol. The van der Waals surface area contributed by atoms with Crippen LogP contribution >= 0.6 is 38.5 Å². The molecule has 4 aromatic carbocycles. The highest BCUT2D eigenvalue weighted by Gasteiger charge is 2.47. The first kappa shape index (κ1) is 18.2. The smallest absolute Gasteiger partial charge is 0.188 e. The second-order valence-electron chi connectivity index (χ2n) is 6.86. The molecule has 0 fully saturated rings. The van der Waals surface area contributed by atoms with Gasteiger partial charge in [0.1, 0.15) is 11.5 Å². The van der Waals surface area contributed by atoms with Crippen molar-refractivity contribution in [1.29, 1.82) is 0 Å². The van der Waals surface area contributed by atoms with Gasteiger partial charge in [0.05, 0.1) is 0 Å². The Bertz CT molecular complexity index is 1130. The zero-order valence-corrected chi connectivity index (χ0v) is 19.6. The summed E-state index contributed by atoms with van der Waals surface area (Å²) in [5.41, 5.74) is 0. The SMILES string of the molecule is Brc1ccc([Si]2(c3cccc(I)c3)c3ccccc3Oc3ccccc32)cc1. The molecule has 0 N–H and O–H groups in total. The van der Waals surface area contributed by atoms with Gasteiger partial charge in [0.2, 0.25) is 0 Å². The summed E-state index contributed by atoms with van der Waals surface area (Å²) in [7, 11) is -2.48. The molecule has 0 unspecified atom stereocenters. The number of fused-ring (bicyclic) bond motifs is 2. The molecule has 136 valence electrons. The molecule has 0 saturated heterocycles. The fraction of sp³-hybridized carbons (Fsp3) is 0.